The first kappa shape index (κ1) is 25.2. The fraction of sp³-hybridized carbons (Fsp3) is 0.214. The number of benzene rings is 2. The second-order valence-electron chi connectivity index (χ2n) is 8.76. The van der Waals surface area contributed by atoms with Crippen LogP contribution in [0.3, 0.4) is 0 Å². The molecule has 5 rings (SSSR count). The number of ether oxygens (including phenoxy) is 2. The predicted molar refractivity (Wildman–Crippen MR) is 145 cm³/mol. The first-order chi connectivity index (χ1) is 19.1. The molecule has 2 aromatic carbocycles. The highest BCUT2D eigenvalue weighted by molar-refractivity contribution is 5.91. The van der Waals surface area contributed by atoms with Gasteiger partial charge in [0.25, 0.3) is 0 Å². The maximum atomic E-state index is 9.95. The van der Waals surface area contributed by atoms with Crippen LogP contribution in [0.4, 0.5) is 11.8 Å². The summed E-state index contributed by atoms with van der Waals surface area (Å²) >= 11 is 0. The van der Waals surface area contributed by atoms with Crippen molar-refractivity contribution in [3.8, 4) is 35.6 Å². The number of aromatic nitrogens is 5. The van der Waals surface area contributed by atoms with Gasteiger partial charge in [0.2, 0.25) is 5.95 Å². The van der Waals surface area contributed by atoms with E-state index in [-0.39, 0.29) is 34.7 Å². The standard InChI is InChI=1S/C28H25N9O2/c1-38-27-32-26(36-13-6-3-7-14-36)33-28(34-27)39-22-12-8-9-19(16-22)15-20(17-29)24-23(18-30)25(31)37(35-24)21-10-4-2-5-11-21/h2,4-5,8-12,15-16H,3,6-7,13-14,31H2,1H3/b20-15+. The molecule has 1 saturated heterocycles. The molecule has 1 aliphatic heterocycles. The van der Waals surface area contributed by atoms with Gasteiger partial charge in [-0.15, -0.1) is 4.98 Å². The molecule has 0 spiro atoms. The molecule has 0 amide bonds. The number of nitrogens with two attached hydrogens (primary N) is 1. The molecule has 11 nitrogen and oxygen atoms in total. The number of hydrogen-bond donors (Lipinski definition) is 1. The highest BCUT2D eigenvalue weighted by atomic mass is 16.5. The third kappa shape index (κ3) is 5.48. The second kappa shape index (κ2) is 11.3. The van der Waals surface area contributed by atoms with E-state index < -0.39 is 0 Å². The van der Waals surface area contributed by atoms with Crippen molar-refractivity contribution >= 4 is 23.4 Å². The Morgan fingerprint density at radius 1 is 0.974 bits per heavy atom. The van der Waals surface area contributed by atoms with E-state index in [1.807, 2.05) is 30.3 Å². The van der Waals surface area contributed by atoms with E-state index in [0.717, 1.165) is 25.9 Å². The van der Waals surface area contributed by atoms with Gasteiger partial charge in [0.1, 0.15) is 35.0 Å². The Hall–Kier alpha value is -5.42. The average Bonchev–Trinajstić information content (AvgIpc) is 3.32. The van der Waals surface area contributed by atoms with Gasteiger partial charge in [-0.25, -0.2) is 4.68 Å². The second-order valence-corrected chi connectivity index (χ2v) is 8.76. The molecular weight excluding hydrogens is 494 g/mol. The Labute approximate surface area is 225 Å². The largest absolute Gasteiger partial charge is 0.467 e. The lowest BCUT2D eigenvalue weighted by Gasteiger charge is -2.26. The minimum absolute atomic E-state index is 0.102. The summed E-state index contributed by atoms with van der Waals surface area (Å²) in [5.41, 5.74) is 8.06. The predicted octanol–water partition coefficient (Wildman–Crippen LogP) is 4.37. The van der Waals surface area contributed by atoms with Crippen molar-refractivity contribution in [3.63, 3.8) is 0 Å². The zero-order valence-corrected chi connectivity index (χ0v) is 21.3. The number of rotatable bonds is 7. The number of allylic oxidation sites excluding steroid dienone is 1. The Balaban J connectivity index is 1.45. The number of nitrogens with zero attached hydrogens (tertiary/aromatic N) is 8. The average molecular weight is 520 g/mol. The summed E-state index contributed by atoms with van der Waals surface area (Å²) in [5, 5.41) is 24.2. The number of hydrogen-bond acceptors (Lipinski definition) is 10. The van der Waals surface area contributed by atoms with Crippen molar-refractivity contribution in [1.29, 1.82) is 10.5 Å². The van der Waals surface area contributed by atoms with Gasteiger partial charge in [0.05, 0.1) is 18.4 Å². The van der Waals surface area contributed by atoms with Crippen LogP contribution in [0.1, 0.15) is 36.1 Å². The summed E-state index contributed by atoms with van der Waals surface area (Å²) < 4.78 is 12.7. The zero-order chi connectivity index (χ0) is 27.2. The molecule has 2 aromatic heterocycles. The highest BCUT2D eigenvalue weighted by Gasteiger charge is 2.20. The van der Waals surface area contributed by atoms with E-state index in [0.29, 0.717) is 22.9 Å². The Kier molecular flexibility index (Phi) is 7.32. The van der Waals surface area contributed by atoms with Gasteiger partial charge in [-0.2, -0.15) is 25.6 Å². The SMILES string of the molecule is COc1nc(Oc2cccc(/C=C(\C#N)c3nn(-c4ccccc4)c(N)c3C#N)c2)nc(N2CCCCC2)n1. The molecule has 0 atom stereocenters. The fourth-order valence-corrected chi connectivity index (χ4v) is 4.29. The van der Waals surface area contributed by atoms with Crippen LogP contribution >= 0.6 is 0 Å². The third-order valence-corrected chi connectivity index (χ3v) is 6.19. The van der Waals surface area contributed by atoms with Gasteiger partial charge < -0.3 is 20.1 Å². The molecule has 194 valence electrons. The third-order valence-electron chi connectivity index (χ3n) is 6.19. The number of nitriles is 2. The number of anilines is 2. The van der Waals surface area contributed by atoms with Crippen molar-refractivity contribution < 1.29 is 9.47 Å². The minimum Gasteiger partial charge on any atom is -0.467 e. The van der Waals surface area contributed by atoms with Crippen molar-refractivity contribution in [3.05, 3.63) is 71.4 Å². The molecule has 0 bridgehead atoms. The Morgan fingerprint density at radius 3 is 2.46 bits per heavy atom. The minimum atomic E-state index is 0.102. The van der Waals surface area contributed by atoms with Crippen molar-refractivity contribution in [1.82, 2.24) is 24.7 Å². The summed E-state index contributed by atoms with van der Waals surface area (Å²) in [5.74, 6) is 1.12. The maximum Gasteiger partial charge on any atom is 0.330 e. The molecule has 1 aliphatic rings. The van der Waals surface area contributed by atoms with E-state index in [1.165, 1.54) is 18.2 Å². The molecule has 0 saturated carbocycles. The van der Waals surface area contributed by atoms with Crippen LogP contribution in [-0.4, -0.2) is 44.9 Å². The quantitative estimate of drug-likeness (QED) is 0.348. The van der Waals surface area contributed by atoms with E-state index in [1.54, 1.807) is 30.3 Å². The van der Waals surface area contributed by atoms with Crippen LogP contribution in [0, 0.1) is 22.7 Å². The molecule has 39 heavy (non-hydrogen) atoms. The van der Waals surface area contributed by atoms with Gasteiger partial charge in [-0.1, -0.05) is 30.3 Å². The van der Waals surface area contributed by atoms with Crippen molar-refractivity contribution in [2.45, 2.75) is 19.3 Å². The first-order valence-electron chi connectivity index (χ1n) is 12.4. The summed E-state index contributed by atoms with van der Waals surface area (Å²) in [4.78, 5) is 15.2. The molecule has 1 fully saturated rings. The number of para-hydroxylation sites is 1. The van der Waals surface area contributed by atoms with Crippen molar-refractivity contribution in [2.24, 2.45) is 0 Å². The van der Waals surface area contributed by atoms with E-state index in [9.17, 15) is 10.5 Å². The van der Waals surface area contributed by atoms with Crippen LogP contribution in [-0.2, 0) is 0 Å². The Morgan fingerprint density at radius 2 is 1.74 bits per heavy atom. The summed E-state index contributed by atoms with van der Waals surface area (Å²) in [6.45, 7) is 1.72. The topological polar surface area (TPSA) is 152 Å². The fourth-order valence-electron chi connectivity index (χ4n) is 4.29. The van der Waals surface area contributed by atoms with Gasteiger partial charge in [-0.3, -0.25) is 0 Å². The van der Waals surface area contributed by atoms with Crippen LogP contribution < -0.4 is 20.1 Å². The van der Waals surface area contributed by atoms with E-state index in [2.05, 4.69) is 37.1 Å². The smallest absolute Gasteiger partial charge is 0.330 e. The summed E-state index contributed by atoms with van der Waals surface area (Å²) in [6, 6.07) is 20.7. The first-order valence-corrected chi connectivity index (χ1v) is 12.4. The van der Waals surface area contributed by atoms with Gasteiger partial charge >= 0.3 is 12.0 Å². The molecule has 2 N–H and O–H groups in total. The van der Waals surface area contributed by atoms with Crippen LogP contribution in [0.15, 0.2) is 54.6 Å². The molecular formula is C28H25N9O2. The Bertz CT molecular complexity index is 1590. The van der Waals surface area contributed by atoms with E-state index >= 15 is 0 Å². The molecule has 4 aromatic rings. The zero-order valence-electron chi connectivity index (χ0n) is 21.3. The lowest BCUT2D eigenvalue weighted by Crippen LogP contribution is -2.31. The van der Waals surface area contributed by atoms with Gasteiger partial charge in [0, 0.05) is 13.1 Å². The number of piperidine rings is 1. The maximum absolute atomic E-state index is 9.95. The molecule has 11 heteroatoms. The van der Waals surface area contributed by atoms with Crippen molar-refractivity contribution in [2.75, 3.05) is 30.8 Å². The lowest BCUT2D eigenvalue weighted by atomic mass is 10.1. The molecule has 0 aliphatic carbocycles. The monoisotopic (exact) mass is 519 g/mol. The molecule has 3 heterocycles. The van der Waals surface area contributed by atoms with Crippen LogP contribution in [0.5, 0.6) is 17.8 Å². The number of methoxy groups -OCH3 is 1. The summed E-state index contributed by atoms with van der Waals surface area (Å²) in [6.07, 6.45) is 4.95. The van der Waals surface area contributed by atoms with Crippen LogP contribution in [0.25, 0.3) is 17.3 Å². The van der Waals surface area contributed by atoms with Crippen LogP contribution in [0.2, 0.25) is 0 Å². The highest BCUT2D eigenvalue weighted by Crippen LogP contribution is 2.29. The van der Waals surface area contributed by atoms with Gasteiger partial charge in [0.15, 0.2) is 0 Å². The van der Waals surface area contributed by atoms with Gasteiger partial charge in [-0.05, 0) is 55.2 Å². The van der Waals surface area contributed by atoms with E-state index in [4.69, 9.17) is 15.2 Å². The number of nitrogen functional groups attached to an aromatic ring is 1. The molecule has 0 radical (unpaired) electrons. The molecule has 0 unspecified atom stereocenters. The summed E-state index contributed by atoms with van der Waals surface area (Å²) in [7, 11) is 1.50. The lowest BCUT2D eigenvalue weighted by molar-refractivity contribution is 0.358. The normalized spacial score (nSPS) is 13.4.